The van der Waals surface area contributed by atoms with Crippen LogP contribution in [0.1, 0.15) is 12.8 Å². The van der Waals surface area contributed by atoms with Gasteiger partial charge in [0, 0.05) is 12.1 Å². The molecule has 0 bridgehead atoms. The minimum Gasteiger partial charge on any atom is -0.472 e. The van der Waals surface area contributed by atoms with Crippen molar-refractivity contribution >= 4 is 11.3 Å². The van der Waals surface area contributed by atoms with E-state index in [1.165, 1.54) is 12.8 Å². The van der Waals surface area contributed by atoms with Crippen molar-refractivity contribution in [1.82, 2.24) is 19.5 Å². The summed E-state index contributed by atoms with van der Waals surface area (Å²) in [6.07, 6.45) is 7.23. The first kappa shape index (κ1) is 10.5. The van der Waals surface area contributed by atoms with Crippen LogP contribution >= 0.6 is 0 Å². The van der Waals surface area contributed by atoms with Crippen LogP contribution in [-0.4, -0.2) is 19.5 Å². The number of fused-ring (bicyclic) bond motifs is 1. The van der Waals surface area contributed by atoms with Crippen molar-refractivity contribution in [1.29, 1.82) is 0 Å². The van der Waals surface area contributed by atoms with E-state index in [0.717, 1.165) is 12.1 Å². The third-order valence-corrected chi connectivity index (χ3v) is 3.43. The Bertz CT molecular complexity index is 781. The maximum absolute atomic E-state index is 11.9. The molecule has 1 N–H and O–H groups in total. The predicted octanol–water partition coefficient (Wildman–Crippen LogP) is 1.79. The van der Waals surface area contributed by atoms with Crippen LogP contribution in [0, 0.1) is 5.92 Å². The van der Waals surface area contributed by atoms with Gasteiger partial charge in [-0.25, -0.2) is 14.8 Å². The van der Waals surface area contributed by atoms with E-state index in [1.807, 2.05) is 6.07 Å². The molecule has 6 heteroatoms. The average Bonchev–Trinajstić information content (AvgIpc) is 2.96. The molecule has 0 unspecified atom stereocenters. The van der Waals surface area contributed by atoms with Gasteiger partial charge >= 0.3 is 5.69 Å². The van der Waals surface area contributed by atoms with Crippen LogP contribution in [0.4, 0.5) is 0 Å². The third-order valence-electron chi connectivity index (χ3n) is 3.43. The molecule has 0 aromatic carbocycles. The molecule has 96 valence electrons. The van der Waals surface area contributed by atoms with Crippen LogP contribution in [0.15, 0.2) is 34.0 Å². The quantitative estimate of drug-likeness (QED) is 0.775. The molecule has 1 saturated carbocycles. The van der Waals surface area contributed by atoms with Gasteiger partial charge < -0.3 is 4.42 Å². The number of imidazole rings is 1. The number of furan rings is 1. The molecule has 0 amide bonds. The van der Waals surface area contributed by atoms with Crippen molar-refractivity contribution in [3.8, 4) is 11.3 Å². The summed E-state index contributed by atoms with van der Waals surface area (Å²) in [4.78, 5) is 23.4. The monoisotopic (exact) mass is 256 g/mol. The smallest absolute Gasteiger partial charge is 0.328 e. The SMILES string of the molecule is O=c1[nH]c2ncc(-c3ccoc3)nc2n1CC1CC1. The van der Waals surface area contributed by atoms with Crippen molar-refractivity contribution < 1.29 is 4.42 Å². The summed E-state index contributed by atoms with van der Waals surface area (Å²) in [6.45, 7) is 0.725. The van der Waals surface area contributed by atoms with Crippen molar-refractivity contribution in [3.05, 3.63) is 35.3 Å². The zero-order valence-electron chi connectivity index (χ0n) is 10.2. The van der Waals surface area contributed by atoms with Gasteiger partial charge in [0.15, 0.2) is 11.3 Å². The molecule has 3 aromatic rings. The summed E-state index contributed by atoms with van der Waals surface area (Å²) in [5.74, 6) is 0.607. The molecule has 6 nitrogen and oxygen atoms in total. The van der Waals surface area contributed by atoms with E-state index in [9.17, 15) is 4.79 Å². The van der Waals surface area contributed by atoms with Crippen LogP contribution < -0.4 is 5.69 Å². The van der Waals surface area contributed by atoms with Crippen molar-refractivity contribution in [2.75, 3.05) is 0 Å². The highest BCUT2D eigenvalue weighted by Crippen LogP contribution is 2.30. The molecule has 0 aliphatic heterocycles. The second-order valence-electron chi connectivity index (χ2n) is 4.92. The average molecular weight is 256 g/mol. The zero-order chi connectivity index (χ0) is 12.8. The fraction of sp³-hybridized carbons (Fsp3) is 0.308. The second kappa shape index (κ2) is 3.81. The summed E-state index contributed by atoms with van der Waals surface area (Å²) >= 11 is 0. The Kier molecular flexibility index (Phi) is 2.11. The molecule has 19 heavy (non-hydrogen) atoms. The standard InChI is InChI=1S/C13H12N4O2/c18-13-16-11-12(17(13)6-8-1-2-8)15-10(5-14-11)9-3-4-19-7-9/h3-5,7-8H,1-2,6H2,(H,14,16,18). The van der Waals surface area contributed by atoms with Gasteiger partial charge in [-0.1, -0.05) is 0 Å². The molecule has 0 saturated heterocycles. The van der Waals surface area contributed by atoms with Crippen molar-refractivity contribution in [3.63, 3.8) is 0 Å². The maximum atomic E-state index is 11.9. The molecular formula is C13H12N4O2. The van der Waals surface area contributed by atoms with E-state index in [2.05, 4.69) is 15.0 Å². The van der Waals surface area contributed by atoms with Gasteiger partial charge in [0.1, 0.15) is 0 Å². The molecule has 0 spiro atoms. The topological polar surface area (TPSA) is 76.7 Å². The van der Waals surface area contributed by atoms with Crippen molar-refractivity contribution in [2.45, 2.75) is 19.4 Å². The van der Waals surface area contributed by atoms with E-state index in [1.54, 1.807) is 23.3 Å². The van der Waals surface area contributed by atoms with Crippen LogP contribution in [0.5, 0.6) is 0 Å². The summed E-state index contributed by atoms with van der Waals surface area (Å²) < 4.78 is 6.73. The molecule has 1 fully saturated rings. The maximum Gasteiger partial charge on any atom is 0.328 e. The Morgan fingerprint density at radius 1 is 1.47 bits per heavy atom. The molecule has 3 heterocycles. The lowest BCUT2D eigenvalue weighted by Crippen LogP contribution is -2.18. The summed E-state index contributed by atoms with van der Waals surface area (Å²) in [6, 6.07) is 1.83. The molecule has 4 rings (SSSR count). The lowest BCUT2D eigenvalue weighted by Gasteiger charge is -2.01. The highest BCUT2D eigenvalue weighted by molar-refractivity contribution is 5.70. The number of nitrogens with zero attached hydrogens (tertiary/aromatic N) is 3. The number of rotatable bonds is 3. The van der Waals surface area contributed by atoms with Gasteiger partial charge in [-0.3, -0.25) is 9.55 Å². The Balaban J connectivity index is 1.88. The molecule has 3 aromatic heterocycles. The number of aromatic nitrogens is 4. The molecule has 0 atom stereocenters. The van der Waals surface area contributed by atoms with Gasteiger partial charge in [-0.05, 0) is 24.8 Å². The van der Waals surface area contributed by atoms with Gasteiger partial charge in [0.25, 0.3) is 0 Å². The van der Waals surface area contributed by atoms with Crippen molar-refractivity contribution in [2.24, 2.45) is 5.92 Å². The van der Waals surface area contributed by atoms with E-state index >= 15 is 0 Å². The first-order valence-corrected chi connectivity index (χ1v) is 6.29. The summed E-state index contributed by atoms with van der Waals surface area (Å²) in [7, 11) is 0. The summed E-state index contributed by atoms with van der Waals surface area (Å²) in [5.41, 5.74) is 2.60. The number of H-pyrrole nitrogens is 1. The number of nitrogens with one attached hydrogen (secondary N) is 1. The Morgan fingerprint density at radius 3 is 3.11 bits per heavy atom. The Hall–Kier alpha value is -2.37. The first-order valence-electron chi connectivity index (χ1n) is 6.29. The van der Waals surface area contributed by atoms with Gasteiger partial charge in [-0.2, -0.15) is 0 Å². The first-order chi connectivity index (χ1) is 9.31. The Morgan fingerprint density at radius 2 is 2.37 bits per heavy atom. The second-order valence-corrected chi connectivity index (χ2v) is 4.92. The minimum absolute atomic E-state index is 0.133. The number of hydrogen-bond acceptors (Lipinski definition) is 4. The predicted molar refractivity (Wildman–Crippen MR) is 68.6 cm³/mol. The normalized spacial score (nSPS) is 15.2. The van der Waals surface area contributed by atoms with Crippen LogP contribution in [0.25, 0.3) is 22.6 Å². The molecular weight excluding hydrogens is 244 g/mol. The summed E-state index contributed by atoms with van der Waals surface area (Å²) in [5, 5.41) is 0. The lowest BCUT2D eigenvalue weighted by atomic mass is 10.2. The molecule has 1 aliphatic rings. The van der Waals surface area contributed by atoms with Gasteiger partial charge in [0.05, 0.1) is 24.4 Å². The largest absolute Gasteiger partial charge is 0.472 e. The van der Waals surface area contributed by atoms with E-state index in [0.29, 0.717) is 22.9 Å². The lowest BCUT2D eigenvalue weighted by molar-refractivity contribution is 0.568. The van der Waals surface area contributed by atoms with Crippen LogP contribution in [0.2, 0.25) is 0 Å². The zero-order valence-corrected chi connectivity index (χ0v) is 10.2. The number of aromatic amines is 1. The fourth-order valence-corrected chi connectivity index (χ4v) is 2.20. The minimum atomic E-state index is -0.133. The van der Waals surface area contributed by atoms with Gasteiger partial charge in [-0.15, -0.1) is 0 Å². The van der Waals surface area contributed by atoms with Gasteiger partial charge in [0.2, 0.25) is 0 Å². The highest BCUT2D eigenvalue weighted by Gasteiger charge is 2.24. The van der Waals surface area contributed by atoms with Crippen LogP contribution in [0.3, 0.4) is 0 Å². The molecule has 1 aliphatic carbocycles. The highest BCUT2D eigenvalue weighted by atomic mass is 16.3. The van der Waals surface area contributed by atoms with Crippen LogP contribution in [-0.2, 0) is 6.54 Å². The number of hydrogen-bond donors (Lipinski definition) is 1. The van der Waals surface area contributed by atoms with E-state index in [-0.39, 0.29) is 5.69 Å². The third kappa shape index (κ3) is 1.76. The fourth-order valence-electron chi connectivity index (χ4n) is 2.20. The Labute approximate surface area is 108 Å². The van der Waals surface area contributed by atoms with E-state index in [4.69, 9.17) is 4.42 Å². The molecule has 0 radical (unpaired) electrons. The van der Waals surface area contributed by atoms with E-state index < -0.39 is 0 Å².